The second kappa shape index (κ2) is 8.74. The van der Waals surface area contributed by atoms with Crippen molar-refractivity contribution in [3.8, 4) is 17.1 Å². The number of nitrogens with zero attached hydrogens (tertiary/aromatic N) is 4. The van der Waals surface area contributed by atoms with Crippen molar-refractivity contribution in [1.29, 1.82) is 0 Å². The van der Waals surface area contributed by atoms with E-state index in [1.807, 2.05) is 60.0 Å². The highest BCUT2D eigenvalue weighted by Gasteiger charge is 2.18. The number of benzene rings is 2. The van der Waals surface area contributed by atoms with Crippen LogP contribution in [0.4, 0.5) is 10.2 Å². The molecule has 0 unspecified atom stereocenters. The maximum Gasteiger partial charge on any atom is 0.251 e. The predicted octanol–water partition coefficient (Wildman–Crippen LogP) is 4.44. The van der Waals surface area contributed by atoms with Gasteiger partial charge in [0.25, 0.3) is 5.91 Å². The SMILES string of the molecule is Cc1ccc2nc(-c3cccnc3N)n(-c3ccc(CNC(=O)c4cccc(F)c4)cc3)c2n1. The third-order valence-electron chi connectivity index (χ3n) is 5.46. The Bertz CT molecular complexity index is 1510. The molecule has 5 rings (SSSR count). The Labute approximate surface area is 195 Å². The fraction of sp³-hybridized carbons (Fsp3) is 0.0769. The maximum atomic E-state index is 13.4. The molecule has 0 aliphatic rings. The van der Waals surface area contributed by atoms with Crippen LogP contribution in [0.15, 0.2) is 79.0 Å². The van der Waals surface area contributed by atoms with Crippen molar-refractivity contribution in [2.24, 2.45) is 0 Å². The summed E-state index contributed by atoms with van der Waals surface area (Å²) in [5.74, 6) is 0.245. The summed E-state index contributed by atoms with van der Waals surface area (Å²) in [5, 5.41) is 2.82. The van der Waals surface area contributed by atoms with Gasteiger partial charge in [0.15, 0.2) is 11.5 Å². The maximum absolute atomic E-state index is 13.4. The summed E-state index contributed by atoms with van der Waals surface area (Å²) in [4.78, 5) is 26.0. The van der Waals surface area contributed by atoms with Crippen LogP contribution in [0.1, 0.15) is 21.6 Å². The number of hydrogen-bond donors (Lipinski definition) is 2. The Morgan fingerprint density at radius 3 is 2.62 bits per heavy atom. The molecule has 0 saturated carbocycles. The molecule has 8 heteroatoms. The summed E-state index contributed by atoms with van der Waals surface area (Å²) < 4.78 is 15.3. The van der Waals surface area contributed by atoms with Gasteiger partial charge in [0.05, 0.1) is 5.56 Å². The second-order valence-corrected chi connectivity index (χ2v) is 7.86. The fourth-order valence-electron chi connectivity index (χ4n) is 3.76. The van der Waals surface area contributed by atoms with Gasteiger partial charge >= 0.3 is 0 Å². The van der Waals surface area contributed by atoms with Gasteiger partial charge in [-0.15, -0.1) is 0 Å². The van der Waals surface area contributed by atoms with Crippen molar-refractivity contribution in [2.45, 2.75) is 13.5 Å². The lowest BCUT2D eigenvalue weighted by Crippen LogP contribution is -2.22. The number of aromatic nitrogens is 4. The van der Waals surface area contributed by atoms with Crippen molar-refractivity contribution >= 4 is 22.9 Å². The quantitative estimate of drug-likeness (QED) is 0.411. The lowest BCUT2D eigenvalue weighted by Gasteiger charge is -2.11. The summed E-state index contributed by atoms with van der Waals surface area (Å²) in [6.45, 7) is 2.24. The van der Waals surface area contributed by atoms with E-state index in [1.54, 1.807) is 12.3 Å². The van der Waals surface area contributed by atoms with Gasteiger partial charge in [-0.25, -0.2) is 19.3 Å². The smallest absolute Gasteiger partial charge is 0.251 e. The summed E-state index contributed by atoms with van der Waals surface area (Å²) in [5.41, 5.74) is 11.2. The molecule has 168 valence electrons. The number of nitrogens with one attached hydrogen (secondary N) is 1. The molecule has 1 amide bonds. The Kier molecular flexibility index (Phi) is 5.47. The molecule has 7 nitrogen and oxygen atoms in total. The zero-order valence-corrected chi connectivity index (χ0v) is 18.4. The average Bonchev–Trinajstić information content (AvgIpc) is 3.21. The molecule has 0 radical (unpaired) electrons. The number of fused-ring (bicyclic) bond motifs is 1. The molecule has 0 aliphatic heterocycles. The van der Waals surface area contributed by atoms with Crippen molar-refractivity contribution < 1.29 is 9.18 Å². The summed E-state index contributed by atoms with van der Waals surface area (Å²) >= 11 is 0. The van der Waals surface area contributed by atoms with Gasteiger partial charge in [0, 0.05) is 29.7 Å². The van der Waals surface area contributed by atoms with E-state index < -0.39 is 5.82 Å². The summed E-state index contributed by atoms with van der Waals surface area (Å²) in [6.07, 6.45) is 1.64. The van der Waals surface area contributed by atoms with Gasteiger partial charge in [0.1, 0.15) is 17.2 Å². The number of pyridine rings is 2. The average molecular weight is 452 g/mol. The van der Waals surface area contributed by atoms with E-state index in [-0.39, 0.29) is 11.5 Å². The first-order valence-electron chi connectivity index (χ1n) is 10.7. The summed E-state index contributed by atoms with van der Waals surface area (Å²) in [6, 6.07) is 20.8. The largest absolute Gasteiger partial charge is 0.383 e. The van der Waals surface area contributed by atoms with E-state index >= 15 is 0 Å². The van der Waals surface area contributed by atoms with Crippen LogP contribution in [-0.2, 0) is 6.54 Å². The Balaban J connectivity index is 1.47. The number of halogens is 1. The molecule has 34 heavy (non-hydrogen) atoms. The molecule has 2 aromatic carbocycles. The molecule has 3 heterocycles. The normalized spacial score (nSPS) is 11.0. The molecule has 0 saturated heterocycles. The lowest BCUT2D eigenvalue weighted by atomic mass is 10.1. The number of carbonyl (C=O) groups is 1. The van der Waals surface area contributed by atoms with Crippen LogP contribution < -0.4 is 11.1 Å². The Hall–Kier alpha value is -4.59. The number of nitrogens with two attached hydrogens (primary N) is 1. The standard InChI is InChI=1S/C26H21FN6O/c1-16-7-12-22-25(31-16)33(24(32-22)21-6-3-13-29-23(21)28)20-10-8-17(9-11-20)15-30-26(34)18-4-2-5-19(27)14-18/h2-14H,15H2,1H3,(H2,28,29)(H,30,34). The highest BCUT2D eigenvalue weighted by Crippen LogP contribution is 2.30. The zero-order valence-electron chi connectivity index (χ0n) is 18.4. The minimum absolute atomic E-state index is 0.279. The molecular weight excluding hydrogens is 431 g/mol. The third-order valence-corrected chi connectivity index (χ3v) is 5.46. The third kappa shape index (κ3) is 4.09. The molecule has 5 aromatic rings. The molecule has 0 atom stereocenters. The molecule has 0 fully saturated rings. The van der Waals surface area contributed by atoms with Crippen LogP contribution in [0.5, 0.6) is 0 Å². The molecule has 3 aromatic heterocycles. The first-order valence-corrected chi connectivity index (χ1v) is 10.7. The first kappa shape index (κ1) is 21.3. The van der Waals surface area contributed by atoms with Crippen LogP contribution in [0.2, 0.25) is 0 Å². The zero-order chi connectivity index (χ0) is 23.7. The van der Waals surface area contributed by atoms with Crippen LogP contribution in [-0.4, -0.2) is 25.4 Å². The van der Waals surface area contributed by atoms with Crippen LogP contribution >= 0.6 is 0 Å². The number of aryl methyl sites for hydroxylation is 1. The minimum Gasteiger partial charge on any atom is -0.383 e. The van der Waals surface area contributed by atoms with E-state index in [2.05, 4.69) is 10.3 Å². The molecule has 0 spiro atoms. The summed E-state index contributed by atoms with van der Waals surface area (Å²) in [7, 11) is 0. The van der Waals surface area contributed by atoms with Crippen LogP contribution in [0.25, 0.3) is 28.2 Å². The second-order valence-electron chi connectivity index (χ2n) is 7.86. The fourth-order valence-corrected chi connectivity index (χ4v) is 3.76. The number of carbonyl (C=O) groups excluding carboxylic acids is 1. The monoisotopic (exact) mass is 452 g/mol. The minimum atomic E-state index is -0.446. The van der Waals surface area contributed by atoms with Crippen molar-refractivity contribution in [3.63, 3.8) is 0 Å². The van der Waals surface area contributed by atoms with E-state index in [9.17, 15) is 9.18 Å². The first-order chi connectivity index (χ1) is 16.5. The number of amides is 1. The Morgan fingerprint density at radius 1 is 1.03 bits per heavy atom. The van der Waals surface area contributed by atoms with Crippen LogP contribution in [0.3, 0.4) is 0 Å². The Morgan fingerprint density at radius 2 is 1.85 bits per heavy atom. The topological polar surface area (TPSA) is 98.7 Å². The van der Waals surface area contributed by atoms with Gasteiger partial charge < -0.3 is 11.1 Å². The highest BCUT2D eigenvalue weighted by molar-refractivity contribution is 5.94. The number of rotatable bonds is 5. The van der Waals surface area contributed by atoms with Gasteiger partial charge in [-0.2, -0.15) is 0 Å². The van der Waals surface area contributed by atoms with Gasteiger partial charge in [-0.1, -0.05) is 18.2 Å². The van der Waals surface area contributed by atoms with Gasteiger partial charge in [0.2, 0.25) is 0 Å². The molecular formula is C26H21FN6O. The van der Waals surface area contributed by atoms with Gasteiger partial charge in [-0.05, 0) is 67.1 Å². The molecule has 0 bridgehead atoms. The van der Waals surface area contributed by atoms with E-state index in [0.717, 1.165) is 22.5 Å². The number of anilines is 1. The van der Waals surface area contributed by atoms with Crippen molar-refractivity contribution in [2.75, 3.05) is 5.73 Å². The predicted molar refractivity (Wildman–Crippen MR) is 129 cm³/mol. The van der Waals surface area contributed by atoms with E-state index in [1.165, 1.54) is 18.2 Å². The molecule has 0 aliphatic carbocycles. The number of imidazole rings is 1. The van der Waals surface area contributed by atoms with Crippen LogP contribution in [0, 0.1) is 12.7 Å². The van der Waals surface area contributed by atoms with Crippen molar-refractivity contribution in [1.82, 2.24) is 24.8 Å². The van der Waals surface area contributed by atoms with Crippen molar-refractivity contribution in [3.05, 3.63) is 102 Å². The lowest BCUT2D eigenvalue weighted by molar-refractivity contribution is 0.0950. The van der Waals surface area contributed by atoms with Gasteiger partial charge in [-0.3, -0.25) is 9.36 Å². The van der Waals surface area contributed by atoms with E-state index in [4.69, 9.17) is 15.7 Å². The van der Waals surface area contributed by atoms with E-state index in [0.29, 0.717) is 29.4 Å². The number of hydrogen-bond acceptors (Lipinski definition) is 5. The number of nitrogen functional groups attached to an aromatic ring is 1. The highest BCUT2D eigenvalue weighted by atomic mass is 19.1. The molecule has 3 N–H and O–H groups in total.